The van der Waals surface area contributed by atoms with Gasteiger partial charge in [-0.05, 0) is 42.0 Å². The van der Waals surface area contributed by atoms with Crippen molar-refractivity contribution in [3.8, 4) is 17.2 Å². The van der Waals surface area contributed by atoms with Crippen molar-refractivity contribution in [2.75, 3.05) is 7.11 Å². The monoisotopic (exact) mass is 334 g/mol. The molecule has 25 heavy (non-hydrogen) atoms. The normalized spacial score (nSPS) is 14.2. The lowest BCUT2D eigenvalue weighted by molar-refractivity contribution is 0.0601. The van der Waals surface area contributed by atoms with Crippen LogP contribution in [0.5, 0.6) is 0 Å². The summed E-state index contributed by atoms with van der Waals surface area (Å²) >= 11 is 0. The summed E-state index contributed by atoms with van der Waals surface area (Å²) in [6.07, 6.45) is 1.93. The van der Waals surface area contributed by atoms with E-state index in [9.17, 15) is 14.9 Å². The first-order valence-electron chi connectivity index (χ1n) is 8.13. The van der Waals surface area contributed by atoms with Crippen LogP contribution in [0.4, 0.5) is 0 Å². The first-order valence-corrected chi connectivity index (χ1v) is 8.13. The number of benzene rings is 2. The molecule has 3 rings (SSSR count). The van der Waals surface area contributed by atoms with Crippen molar-refractivity contribution in [3.05, 3.63) is 59.7 Å². The predicted molar refractivity (Wildman–Crippen MR) is 92.8 cm³/mol. The zero-order valence-corrected chi connectivity index (χ0v) is 13.9. The number of esters is 1. The van der Waals surface area contributed by atoms with E-state index in [0.717, 1.165) is 12.8 Å². The van der Waals surface area contributed by atoms with Gasteiger partial charge in [0.25, 0.3) is 5.91 Å². The number of hydrogen-bond acceptors (Lipinski definition) is 4. The molecule has 5 nitrogen and oxygen atoms in total. The number of carbonyl (C=O) groups excluding carboxylic acids is 2. The van der Waals surface area contributed by atoms with Crippen molar-refractivity contribution >= 4 is 11.9 Å². The Labute approximate surface area is 146 Å². The second-order valence-corrected chi connectivity index (χ2v) is 6.00. The molecule has 1 unspecified atom stereocenters. The molecule has 1 fully saturated rings. The summed E-state index contributed by atoms with van der Waals surface area (Å²) in [7, 11) is 1.32. The third kappa shape index (κ3) is 3.53. The molecule has 1 aliphatic rings. The molecule has 2 aromatic carbocycles. The van der Waals surface area contributed by atoms with Gasteiger partial charge in [-0.2, -0.15) is 5.26 Å². The first-order chi connectivity index (χ1) is 12.2. The zero-order chi connectivity index (χ0) is 17.8. The minimum Gasteiger partial charge on any atom is -0.465 e. The third-order valence-corrected chi connectivity index (χ3v) is 4.31. The minimum absolute atomic E-state index is 0.239. The zero-order valence-electron chi connectivity index (χ0n) is 13.9. The van der Waals surface area contributed by atoms with Crippen LogP contribution in [0.15, 0.2) is 48.5 Å². The summed E-state index contributed by atoms with van der Waals surface area (Å²) in [5, 5.41) is 12.0. The molecule has 0 bridgehead atoms. The highest BCUT2D eigenvalue weighted by molar-refractivity contribution is 6.05. The van der Waals surface area contributed by atoms with Gasteiger partial charge >= 0.3 is 5.97 Å². The number of ether oxygens (including phenoxy) is 1. The van der Waals surface area contributed by atoms with Gasteiger partial charge in [0, 0.05) is 5.56 Å². The van der Waals surface area contributed by atoms with Crippen LogP contribution in [0.2, 0.25) is 0 Å². The van der Waals surface area contributed by atoms with E-state index in [2.05, 4.69) is 11.4 Å². The lowest BCUT2D eigenvalue weighted by atomic mass is 9.94. The fraction of sp³-hybridized carbons (Fsp3) is 0.250. The fourth-order valence-corrected chi connectivity index (χ4v) is 2.83. The number of methoxy groups -OCH3 is 1. The number of nitrogens with zero attached hydrogens (tertiary/aromatic N) is 1. The van der Waals surface area contributed by atoms with Gasteiger partial charge in [0.2, 0.25) is 0 Å². The van der Waals surface area contributed by atoms with Gasteiger partial charge in [-0.3, -0.25) is 4.79 Å². The second kappa shape index (κ2) is 7.18. The number of nitrogens with one attached hydrogen (secondary N) is 1. The fourth-order valence-electron chi connectivity index (χ4n) is 2.83. The van der Waals surface area contributed by atoms with Gasteiger partial charge in [-0.25, -0.2) is 4.79 Å². The topological polar surface area (TPSA) is 79.2 Å². The van der Waals surface area contributed by atoms with E-state index >= 15 is 0 Å². The van der Waals surface area contributed by atoms with Crippen molar-refractivity contribution < 1.29 is 14.3 Å². The van der Waals surface area contributed by atoms with E-state index in [1.54, 1.807) is 42.5 Å². The molecule has 1 saturated carbocycles. The molecule has 0 aliphatic heterocycles. The Bertz CT molecular complexity index is 850. The SMILES string of the molecule is COC(=O)c1ccccc1-c1ccccc1C(=O)NC(C#N)C1CC1. The van der Waals surface area contributed by atoms with Crippen molar-refractivity contribution in [2.24, 2.45) is 5.92 Å². The molecule has 1 N–H and O–H groups in total. The van der Waals surface area contributed by atoms with Crippen molar-refractivity contribution in [2.45, 2.75) is 18.9 Å². The maximum absolute atomic E-state index is 12.7. The lowest BCUT2D eigenvalue weighted by Gasteiger charge is -2.15. The molecule has 0 radical (unpaired) electrons. The number of amides is 1. The molecule has 0 saturated heterocycles. The Hall–Kier alpha value is -3.13. The Balaban J connectivity index is 1.98. The van der Waals surface area contributed by atoms with Crippen LogP contribution < -0.4 is 5.32 Å². The molecule has 0 heterocycles. The first kappa shape index (κ1) is 16.7. The molecular weight excluding hydrogens is 316 g/mol. The van der Waals surface area contributed by atoms with Gasteiger partial charge < -0.3 is 10.1 Å². The summed E-state index contributed by atoms with van der Waals surface area (Å²) in [6, 6.07) is 15.7. The number of hydrogen-bond donors (Lipinski definition) is 1. The maximum Gasteiger partial charge on any atom is 0.338 e. The van der Waals surface area contributed by atoms with Gasteiger partial charge in [0.05, 0.1) is 18.7 Å². The molecule has 0 spiro atoms. The lowest BCUT2D eigenvalue weighted by Crippen LogP contribution is -2.35. The number of carbonyl (C=O) groups is 2. The smallest absolute Gasteiger partial charge is 0.338 e. The van der Waals surface area contributed by atoms with E-state index in [1.807, 2.05) is 6.07 Å². The molecule has 1 amide bonds. The van der Waals surface area contributed by atoms with Crippen molar-refractivity contribution in [3.63, 3.8) is 0 Å². The average molecular weight is 334 g/mol. The predicted octanol–water partition coefficient (Wildman–Crippen LogP) is 3.17. The number of rotatable bonds is 5. The van der Waals surface area contributed by atoms with Crippen LogP contribution in [-0.4, -0.2) is 25.0 Å². The molecule has 2 aromatic rings. The molecule has 5 heteroatoms. The van der Waals surface area contributed by atoms with Crippen LogP contribution in [0, 0.1) is 17.2 Å². The largest absolute Gasteiger partial charge is 0.465 e. The average Bonchev–Trinajstić information content (AvgIpc) is 3.50. The minimum atomic E-state index is -0.476. The highest BCUT2D eigenvalue weighted by Crippen LogP contribution is 2.33. The van der Waals surface area contributed by atoms with Crippen molar-refractivity contribution in [1.82, 2.24) is 5.32 Å². The van der Waals surface area contributed by atoms with Crippen LogP contribution in [-0.2, 0) is 4.74 Å². The maximum atomic E-state index is 12.7. The van der Waals surface area contributed by atoms with E-state index in [0.29, 0.717) is 22.3 Å². The third-order valence-electron chi connectivity index (χ3n) is 4.31. The van der Waals surface area contributed by atoms with Gasteiger partial charge in [0.1, 0.15) is 6.04 Å². The van der Waals surface area contributed by atoms with Crippen LogP contribution in [0.3, 0.4) is 0 Å². The summed E-state index contributed by atoms with van der Waals surface area (Å²) < 4.78 is 4.84. The number of nitriles is 1. The quantitative estimate of drug-likeness (QED) is 0.852. The Kier molecular flexibility index (Phi) is 4.80. The van der Waals surface area contributed by atoms with E-state index in [-0.39, 0.29) is 11.8 Å². The molecule has 1 atom stereocenters. The van der Waals surface area contributed by atoms with Gasteiger partial charge in [0.15, 0.2) is 0 Å². The molecule has 0 aromatic heterocycles. The second-order valence-electron chi connectivity index (χ2n) is 6.00. The molecular formula is C20H18N2O3. The summed E-state index contributed by atoms with van der Waals surface area (Å²) in [6.45, 7) is 0. The summed E-state index contributed by atoms with van der Waals surface area (Å²) in [5.74, 6) is -0.532. The van der Waals surface area contributed by atoms with Crippen LogP contribution in [0.25, 0.3) is 11.1 Å². The van der Waals surface area contributed by atoms with Gasteiger partial charge in [-0.1, -0.05) is 36.4 Å². The van der Waals surface area contributed by atoms with Crippen molar-refractivity contribution in [1.29, 1.82) is 5.26 Å². The molecule has 126 valence electrons. The Morgan fingerprint density at radius 1 is 1.08 bits per heavy atom. The summed E-state index contributed by atoms with van der Waals surface area (Å²) in [4.78, 5) is 24.8. The van der Waals surface area contributed by atoms with Crippen LogP contribution in [0.1, 0.15) is 33.6 Å². The van der Waals surface area contributed by atoms with E-state index in [4.69, 9.17) is 4.74 Å². The summed E-state index contributed by atoms with van der Waals surface area (Å²) in [5.41, 5.74) is 2.08. The molecule has 1 aliphatic carbocycles. The highest BCUT2D eigenvalue weighted by Gasteiger charge is 2.33. The van der Waals surface area contributed by atoms with Crippen LogP contribution >= 0.6 is 0 Å². The van der Waals surface area contributed by atoms with Gasteiger partial charge in [-0.15, -0.1) is 0 Å². The van der Waals surface area contributed by atoms with E-state index < -0.39 is 12.0 Å². The Morgan fingerprint density at radius 2 is 1.64 bits per heavy atom. The Morgan fingerprint density at radius 3 is 2.20 bits per heavy atom. The highest BCUT2D eigenvalue weighted by atomic mass is 16.5. The van der Waals surface area contributed by atoms with E-state index in [1.165, 1.54) is 7.11 Å². The standard InChI is InChI=1S/C20H18N2O3/c1-25-20(24)17-9-5-3-7-15(17)14-6-2-4-8-16(14)19(23)22-18(12-21)13-10-11-13/h2-9,13,18H,10-11H2,1H3,(H,22,23).